The van der Waals surface area contributed by atoms with Gasteiger partial charge in [0.15, 0.2) is 0 Å². The average molecular weight is 342 g/mol. The molecule has 1 heteroatoms. The van der Waals surface area contributed by atoms with Crippen LogP contribution in [-0.2, 0) is 0 Å². The molecule has 0 radical (unpaired) electrons. The van der Waals surface area contributed by atoms with Gasteiger partial charge in [0, 0.05) is 20.3 Å². The molecule has 0 saturated heterocycles. The normalized spacial score (nSPS) is 8.78. The molecule has 0 aromatic heterocycles. The fourth-order valence-corrected chi connectivity index (χ4v) is 1.82. The minimum absolute atomic E-state index is 1.01. The van der Waals surface area contributed by atoms with Crippen LogP contribution in [0.5, 0.6) is 0 Å². The summed E-state index contributed by atoms with van der Waals surface area (Å²) in [6.45, 7) is 1.84. The highest BCUT2D eigenvalue weighted by molar-refractivity contribution is 14.1. The van der Waals surface area contributed by atoms with Crippen LogP contribution >= 0.6 is 22.6 Å². The molecular weight excluding hydrogens is 331 g/mol. The minimum Gasteiger partial charge on any atom is -0.101 e. The average Bonchev–Trinajstić information content (AvgIpc) is 2.40. The zero-order valence-electron chi connectivity index (χ0n) is 10.00. The number of benzene rings is 2. The molecule has 2 aromatic rings. The molecular formula is C17H11I. The number of hydrogen-bond donors (Lipinski definition) is 0. The van der Waals surface area contributed by atoms with E-state index >= 15 is 0 Å². The molecule has 0 aliphatic rings. The van der Waals surface area contributed by atoms with E-state index in [1.807, 2.05) is 43.3 Å². The third-order valence-corrected chi connectivity index (χ3v) is 3.07. The van der Waals surface area contributed by atoms with Gasteiger partial charge in [-0.1, -0.05) is 17.8 Å². The molecule has 0 aliphatic heterocycles. The maximum Gasteiger partial charge on any atom is 0.0249 e. The molecule has 0 fully saturated rings. The zero-order valence-corrected chi connectivity index (χ0v) is 12.2. The summed E-state index contributed by atoms with van der Waals surface area (Å²) in [5.74, 6) is 12.2. The van der Waals surface area contributed by atoms with Crippen molar-refractivity contribution in [1.82, 2.24) is 0 Å². The minimum atomic E-state index is 1.01. The molecule has 0 unspecified atom stereocenters. The van der Waals surface area contributed by atoms with E-state index in [1.54, 1.807) is 0 Å². The van der Waals surface area contributed by atoms with Crippen LogP contribution in [0, 0.1) is 27.3 Å². The second-order valence-electron chi connectivity index (χ2n) is 3.71. The molecule has 0 nitrogen and oxygen atoms in total. The topological polar surface area (TPSA) is 0 Å². The maximum atomic E-state index is 3.15. The Bertz CT molecular complexity index is 641. The highest BCUT2D eigenvalue weighted by atomic mass is 127. The van der Waals surface area contributed by atoms with Crippen LogP contribution in [0.4, 0.5) is 0 Å². The molecule has 2 rings (SSSR count). The molecule has 2 aromatic carbocycles. The first-order valence-corrected chi connectivity index (χ1v) is 6.66. The largest absolute Gasteiger partial charge is 0.101 e. The third-order valence-electron chi connectivity index (χ3n) is 2.35. The Labute approximate surface area is 122 Å². The van der Waals surface area contributed by atoms with Crippen molar-refractivity contribution in [3.8, 4) is 23.7 Å². The fourth-order valence-electron chi connectivity index (χ4n) is 1.46. The predicted molar refractivity (Wildman–Crippen MR) is 84.1 cm³/mol. The first-order valence-electron chi connectivity index (χ1n) is 5.58. The predicted octanol–water partition coefficient (Wildman–Crippen LogP) is 4.06. The summed E-state index contributed by atoms with van der Waals surface area (Å²) in [5, 5.41) is 0. The van der Waals surface area contributed by atoms with Crippen LogP contribution in [0.15, 0.2) is 48.5 Å². The van der Waals surface area contributed by atoms with Crippen molar-refractivity contribution >= 4 is 22.6 Å². The number of rotatable bonds is 0. The van der Waals surface area contributed by atoms with Crippen molar-refractivity contribution in [2.24, 2.45) is 0 Å². The summed E-state index contributed by atoms with van der Waals surface area (Å²) < 4.78 is 1.22. The van der Waals surface area contributed by atoms with Gasteiger partial charge >= 0.3 is 0 Å². The van der Waals surface area contributed by atoms with E-state index < -0.39 is 0 Å². The monoisotopic (exact) mass is 342 g/mol. The van der Waals surface area contributed by atoms with Gasteiger partial charge in [-0.25, -0.2) is 0 Å². The van der Waals surface area contributed by atoms with Crippen molar-refractivity contribution in [3.05, 3.63) is 68.8 Å². The van der Waals surface area contributed by atoms with E-state index in [0.29, 0.717) is 0 Å². The summed E-state index contributed by atoms with van der Waals surface area (Å²) in [6, 6.07) is 16.2. The van der Waals surface area contributed by atoms with Crippen molar-refractivity contribution in [3.63, 3.8) is 0 Å². The van der Waals surface area contributed by atoms with Gasteiger partial charge in [0.25, 0.3) is 0 Å². The molecule has 0 N–H and O–H groups in total. The second kappa shape index (κ2) is 6.28. The quantitative estimate of drug-likeness (QED) is 0.500. The molecule has 0 bridgehead atoms. The fraction of sp³-hybridized carbons (Fsp3) is 0.0588. The Morgan fingerprint density at radius 1 is 0.667 bits per heavy atom. The van der Waals surface area contributed by atoms with Gasteiger partial charge in [-0.15, -0.1) is 5.92 Å². The molecule has 18 heavy (non-hydrogen) atoms. The molecule has 0 spiro atoms. The van der Waals surface area contributed by atoms with Gasteiger partial charge in [0.05, 0.1) is 0 Å². The number of halogens is 1. The van der Waals surface area contributed by atoms with Crippen molar-refractivity contribution in [2.75, 3.05) is 0 Å². The summed E-state index contributed by atoms with van der Waals surface area (Å²) in [6.07, 6.45) is 0. The summed E-state index contributed by atoms with van der Waals surface area (Å²) in [5.41, 5.74) is 3.07. The molecule has 0 atom stereocenters. The Kier molecular flexibility index (Phi) is 4.45. The van der Waals surface area contributed by atoms with E-state index in [1.165, 1.54) is 3.57 Å². The van der Waals surface area contributed by atoms with Crippen LogP contribution in [-0.4, -0.2) is 0 Å². The van der Waals surface area contributed by atoms with Crippen LogP contribution < -0.4 is 0 Å². The van der Waals surface area contributed by atoms with Crippen molar-refractivity contribution < 1.29 is 0 Å². The smallest absolute Gasteiger partial charge is 0.0249 e. The van der Waals surface area contributed by atoms with Gasteiger partial charge in [0.1, 0.15) is 0 Å². The Morgan fingerprint density at radius 2 is 1.06 bits per heavy atom. The van der Waals surface area contributed by atoms with Gasteiger partial charge < -0.3 is 0 Å². The Hall–Kier alpha value is -1.71. The van der Waals surface area contributed by atoms with Crippen LogP contribution in [0.3, 0.4) is 0 Å². The van der Waals surface area contributed by atoms with Crippen LogP contribution in [0.1, 0.15) is 23.6 Å². The molecule has 0 heterocycles. The number of hydrogen-bond acceptors (Lipinski definition) is 0. The maximum absolute atomic E-state index is 3.15. The van der Waals surface area contributed by atoms with Gasteiger partial charge in [-0.3, -0.25) is 0 Å². The molecule has 0 amide bonds. The van der Waals surface area contributed by atoms with E-state index in [-0.39, 0.29) is 0 Å². The first kappa shape index (κ1) is 12.7. The highest BCUT2D eigenvalue weighted by Gasteiger charge is 1.89. The highest BCUT2D eigenvalue weighted by Crippen LogP contribution is 2.06. The van der Waals surface area contributed by atoms with E-state index in [2.05, 4.69) is 58.4 Å². The van der Waals surface area contributed by atoms with Crippen LogP contribution in [0.2, 0.25) is 0 Å². The summed E-state index contributed by atoms with van der Waals surface area (Å²) >= 11 is 2.29. The Morgan fingerprint density at radius 3 is 1.50 bits per heavy atom. The lowest BCUT2D eigenvalue weighted by atomic mass is 10.1. The van der Waals surface area contributed by atoms with Gasteiger partial charge in [-0.05, 0) is 78.0 Å². The Balaban J connectivity index is 2.18. The van der Waals surface area contributed by atoms with Crippen molar-refractivity contribution in [1.29, 1.82) is 0 Å². The van der Waals surface area contributed by atoms with Gasteiger partial charge in [-0.2, -0.15) is 0 Å². The van der Waals surface area contributed by atoms with E-state index in [4.69, 9.17) is 0 Å². The van der Waals surface area contributed by atoms with E-state index in [9.17, 15) is 0 Å². The lowest BCUT2D eigenvalue weighted by molar-refractivity contribution is 1.58. The SMILES string of the molecule is CC#Cc1ccc(C#Cc2ccc(I)cc2)cc1. The molecule has 86 valence electrons. The van der Waals surface area contributed by atoms with E-state index in [0.717, 1.165) is 16.7 Å². The lowest BCUT2D eigenvalue weighted by Crippen LogP contribution is -1.78. The van der Waals surface area contributed by atoms with Crippen LogP contribution in [0.25, 0.3) is 0 Å². The summed E-state index contributed by atoms with van der Waals surface area (Å²) in [7, 11) is 0. The lowest BCUT2D eigenvalue weighted by Gasteiger charge is -1.92. The first-order chi connectivity index (χ1) is 8.78. The zero-order chi connectivity index (χ0) is 12.8. The van der Waals surface area contributed by atoms with Gasteiger partial charge in [0.2, 0.25) is 0 Å². The molecule has 0 saturated carbocycles. The second-order valence-corrected chi connectivity index (χ2v) is 4.95. The molecule has 0 aliphatic carbocycles. The van der Waals surface area contributed by atoms with Crippen molar-refractivity contribution in [2.45, 2.75) is 6.92 Å². The standard InChI is InChI=1S/C17H11I/c1-2-3-14-4-6-15(7-5-14)8-9-16-10-12-17(18)13-11-16/h4-7,10-13H,1H3. The summed E-state index contributed by atoms with van der Waals surface area (Å²) in [4.78, 5) is 0. The third kappa shape index (κ3) is 3.65.